The van der Waals surface area contributed by atoms with Gasteiger partial charge in [0.25, 0.3) is 5.56 Å². The molecule has 118 valence electrons. The normalized spacial score (nSPS) is 22.3. The van der Waals surface area contributed by atoms with E-state index >= 15 is 0 Å². The maximum Gasteiger partial charge on any atom is 0.251 e. The SMILES string of the molecule is O=c1cccc2n1[C@@H]1C[C@@H](C2)CN(C(=S)Nc2ccccc2)C1. The van der Waals surface area contributed by atoms with Crippen LogP contribution in [0.15, 0.2) is 53.3 Å². The van der Waals surface area contributed by atoms with Gasteiger partial charge in [0.1, 0.15) is 0 Å². The van der Waals surface area contributed by atoms with Crippen LogP contribution in [-0.4, -0.2) is 27.7 Å². The lowest BCUT2D eigenvalue weighted by Gasteiger charge is -2.44. The van der Waals surface area contributed by atoms with Gasteiger partial charge in [-0.3, -0.25) is 4.79 Å². The van der Waals surface area contributed by atoms with Crippen molar-refractivity contribution in [1.82, 2.24) is 9.47 Å². The van der Waals surface area contributed by atoms with Crippen LogP contribution in [0.4, 0.5) is 5.69 Å². The molecule has 1 N–H and O–H groups in total. The molecule has 4 rings (SSSR count). The van der Waals surface area contributed by atoms with E-state index in [1.54, 1.807) is 6.07 Å². The number of piperidine rings is 1. The van der Waals surface area contributed by atoms with Crippen molar-refractivity contribution in [1.29, 1.82) is 0 Å². The highest BCUT2D eigenvalue weighted by Gasteiger charge is 2.35. The summed E-state index contributed by atoms with van der Waals surface area (Å²) in [6.07, 6.45) is 2.03. The Morgan fingerprint density at radius 3 is 2.74 bits per heavy atom. The van der Waals surface area contributed by atoms with Gasteiger partial charge in [0.15, 0.2) is 5.11 Å². The van der Waals surface area contributed by atoms with Crippen LogP contribution in [0.3, 0.4) is 0 Å². The predicted octanol–water partition coefficient (Wildman–Crippen LogP) is 2.66. The Kier molecular flexibility index (Phi) is 3.65. The lowest BCUT2D eigenvalue weighted by atomic mass is 9.86. The first-order valence-corrected chi connectivity index (χ1v) is 8.43. The number of pyridine rings is 1. The van der Waals surface area contributed by atoms with Crippen LogP contribution in [0, 0.1) is 5.92 Å². The number of nitrogens with one attached hydrogen (secondary N) is 1. The third kappa shape index (κ3) is 2.77. The van der Waals surface area contributed by atoms with Gasteiger partial charge in [-0.25, -0.2) is 0 Å². The van der Waals surface area contributed by atoms with Crippen molar-refractivity contribution in [2.45, 2.75) is 18.9 Å². The van der Waals surface area contributed by atoms with E-state index in [0.717, 1.165) is 36.7 Å². The molecule has 4 nitrogen and oxygen atoms in total. The van der Waals surface area contributed by atoms with Crippen molar-refractivity contribution in [3.63, 3.8) is 0 Å². The molecule has 1 aromatic carbocycles. The summed E-state index contributed by atoms with van der Waals surface area (Å²) in [5, 5.41) is 4.06. The molecule has 1 aromatic heterocycles. The second-order valence-corrected chi connectivity index (χ2v) is 6.77. The van der Waals surface area contributed by atoms with Gasteiger partial charge in [0.2, 0.25) is 0 Å². The number of rotatable bonds is 1. The number of aromatic nitrogens is 1. The number of likely N-dealkylation sites (tertiary alicyclic amines) is 1. The van der Waals surface area contributed by atoms with Gasteiger partial charge in [0.05, 0.1) is 6.04 Å². The number of benzene rings is 1. The second kappa shape index (κ2) is 5.81. The van der Waals surface area contributed by atoms with Crippen molar-refractivity contribution < 1.29 is 0 Å². The zero-order valence-electron chi connectivity index (χ0n) is 12.8. The summed E-state index contributed by atoms with van der Waals surface area (Å²) in [4.78, 5) is 14.4. The van der Waals surface area contributed by atoms with Crippen LogP contribution in [0.5, 0.6) is 0 Å². The number of fused-ring (bicyclic) bond motifs is 4. The second-order valence-electron chi connectivity index (χ2n) is 6.39. The average molecular weight is 325 g/mol. The summed E-state index contributed by atoms with van der Waals surface area (Å²) >= 11 is 5.59. The molecule has 0 radical (unpaired) electrons. The van der Waals surface area contributed by atoms with Crippen LogP contribution >= 0.6 is 12.2 Å². The first kappa shape index (κ1) is 14.5. The van der Waals surface area contributed by atoms with Gasteiger partial charge in [-0.2, -0.15) is 0 Å². The minimum atomic E-state index is 0.106. The zero-order chi connectivity index (χ0) is 15.8. The van der Waals surface area contributed by atoms with E-state index in [9.17, 15) is 4.79 Å². The van der Waals surface area contributed by atoms with Crippen molar-refractivity contribution in [2.75, 3.05) is 18.4 Å². The monoisotopic (exact) mass is 325 g/mol. The van der Waals surface area contributed by atoms with E-state index in [1.807, 2.05) is 41.0 Å². The molecule has 0 aliphatic carbocycles. The highest BCUT2D eigenvalue weighted by molar-refractivity contribution is 7.80. The van der Waals surface area contributed by atoms with Crippen LogP contribution in [0.25, 0.3) is 0 Å². The molecular formula is C18H19N3OS. The van der Waals surface area contributed by atoms with E-state index < -0.39 is 0 Å². The highest BCUT2D eigenvalue weighted by atomic mass is 32.1. The third-order valence-corrected chi connectivity index (χ3v) is 5.12. The summed E-state index contributed by atoms with van der Waals surface area (Å²) in [5.74, 6) is 0.561. The Morgan fingerprint density at radius 1 is 1.09 bits per heavy atom. The summed E-state index contributed by atoms with van der Waals surface area (Å²) in [6, 6.07) is 15.8. The average Bonchev–Trinajstić information content (AvgIpc) is 2.55. The molecule has 0 spiro atoms. The first-order chi connectivity index (χ1) is 11.2. The summed E-state index contributed by atoms with van der Waals surface area (Å²) < 4.78 is 1.97. The molecule has 5 heteroatoms. The summed E-state index contributed by atoms with van der Waals surface area (Å²) in [7, 11) is 0. The smallest absolute Gasteiger partial charge is 0.251 e. The van der Waals surface area contributed by atoms with Crippen molar-refractivity contribution in [3.8, 4) is 0 Å². The largest absolute Gasteiger partial charge is 0.347 e. The topological polar surface area (TPSA) is 37.3 Å². The fraction of sp³-hybridized carbons (Fsp3) is 0.333. The van der Waals surface area contributed by atoms with Gasteiger partial charge in [-0.15, -0.1) is 0 Å². The summed E-state index contributed by atoms with van der Waals surface area (Å²) in [6.45, 7) is 1.75. The molecule has 0 unspecified atom stereocenters. The predicted molar refractivity (Wildman–Crippen MR) is 95.8 cm³/mol. The number of hydrogen-bond acceptors (Lipinski definition) is 2. The number of anilines is 1. The maximum atomic E-state index is 12.2. The van der Waals surface area contributed by atoms with Gasteiger partial charge in [0, 0.05) is 30.5 Å². The van der Waals surface area contributed by atoms with E-state index in [4.69, 9.17) is 12.2 Å². The molecule has 1 saturated heterocycles. The fourth-order valence-corrected chi connectivity index (χ4v) is 4.09. The zero-order valence-corrected chi connectivity index (χ0v) is 13.6. The molecule has 2 aromatic rings. The fourth-order valence-electron chi connectivity index (χ4n) is 3.82. The van der Waals surface area contributed by atoms with Crippen LogP contribution in [0.2, 0.25) is 0 Å². The molecule has 2 atom stereocenters. The van der Waals surface area contributed by atoms with Gasteiger partial charge < -0.3 is 14.8 Å². The Labute approximate surface area is 140 Å². The lowest BCUT2D eigenvalue weighted by molar-refractivity contribution is 0.163. The molecule has 0 amide bonds. The quantitative estimate of drug-likeness (QED) is 0.818. The number of thiocarbonyl (C=S) groups is 1. The van der Waals surface area contributed by atoms with Crippen molar-refractivity contribution in [2.24, 2.45) is 5.92 Å². The number of nitrogens with zero attached hydrogens (tertiary/aromatic N) is 2. The maximum absolute atomic E-state index is 12.2. The lowest BCUT2D eigenvalue weighted by Crippen LogP contribution is -2.51. The van der Waals surface area contributed by atoms with Crippen LogP contribution in [0.1, 0.15) is 18.2 Å². The number of hydrogen-bond donors (Lipinski definition) is 1. The van der Waals surface area contributed by atoms with Crippen molar-refractivity contribution >= 4 is 23.0 Å². The minimum Gasteiger partial charge on any atom is -0.347 e. The molecule has 0 saturated carbocycles. The summed E-state index contributed by atoms with van der Waals surface area (Å²) in [5.41, 5.74) is 2.28. The third-order valence-electron chi connectivity index (χ3n) is 4.76. The van der Waals surface area contributed by atoms with Gasteiger partial charge in [-0.1, -0.05) is 24.3 Å². The molecular weight excluding hydrogens is 306 g/mol. The molecule has 1 fully saturated rings. The molecule has 2 aliphatic rings. The van der Waals surface area contributed by atoms with E-state index in [0.29, 0.717) is 5.92 Å². The molecule has 2 bridgehead atoms. The van der Waals surface area contributed by atoms with E-state index in [-0.39, 0.29) is 11.6 Å². The minimum absolute atomic E-state index is 0.106. The van der Waals surface area contributed by atoms with E-state index in [1.165, 1.54) is 5.69 Å². The van der Waals surface area contributed by atoms with Gasteiger partial charge in [-0.05, 0) is 49.2 Å². The Balaban J connectivity index is 1.55. The van der Waals surface area contributed by atoms with Gasteiger partial charge >= 0.3 is 0 Å². The Bertz CT molecular complexity index is 786. The molecule has 3 heterocycles. The van der Waals surface area contributed by atoms with E-state index in [2.05, 4.69) is 16.3 Å². The first-order valence-electron chi connectivity index (χ1n) is 8.02. The molecule has 23 heavy (non-hydrogen) atoms. The Hall–Kier alpha value is -2.14. The highest BCUT2D eigenvalue weighted by Crippen LogP contribution is 2.33. The standard InChI is InChI=1S/C18H19N3OS/c22-17-8-4-7-15-9-13-10-16(21(15)17)12-20(11-13)18(23)19-14-5-2-1-3-6-14/h1-8,13,16H,9-12H2,(H,19,23)/t13-,16-/m1/s1. The van der Waals surface area contributed by atoms with Crippen LogP contribution < -0.4 is 10.9 Å². The van der Waals surface area contributed by atoms with Crippen LogP contribution in [-0.2, 0) is 6.42 Å². The molecule has 2 aliphatic heterocycles. The van der Waals surface area contributed by atoms with Crippen molar-refractivity contribution in [3.05, 3.63) is 64.6 Å². The number of para-hydroxylation sites is 1. The Morgan fingerprint density at radius 2 is 1.91 bits per heavy atom.